The maximum absolute atomic E-state index is 12.8. The van der Waals surface area contributed by atoms with Crippen LogP contribution in [-0.2, 0) is 4.79 Å². The number of nitrogens with one attached hydrogen (secondary N) is 1. The predicted molar refractivity (Wildman–Crippen MR) is 141 cm³/mol. The van der Waals surface area contributed by atoms with Gasteiger partial charge in [0.25, 0.3) is 0 Å². The van der Waals surface area contributed by atoms with E-state index in [0.29, 0.717) is 16.0 Å². The first-order chi connectivity index (χ1) is 16.2. The van der Waals surface area contributed by atoms with Crippen LogP contribution in [0.5, 0.6) is 0 Å². The molecule has 1 amide bonds. The lowest BCUT2D eigenvalue weighted by Crippen LogP contribution is -2.16. The van der Waals surface area contributed by atoms with Crippen LogP contribution in [0.1, 0.15) is 27.8 Å². The normalized spacial score (nSPS) is 11.0. The quantitative estimate of drug-likeness (QED) is 0.300. The van der Waals surface area contributed by atoms with Crippen LogP contribution in [0.25, 0.3) is 17.1 Å². The van der Waals surface area contributed by atoms with Crippen LogP contribution in [0.2, 0.25) is 5.02 Å². The molecule has 0 fully saturated rings. The summed E-state index contributed by atoms with van der Waals surface area (Å²) in [6.45, 7) is 10.2. The topological polar surface area (TPSA) is 59.8 Å². The van der Waals surface area contributed by atoms with Gasteiger partial charge in [0.1, 0.15) is 0 Å². The molecule has 1 aromatic heterocycles. The molecule has 0 bridgehead atoms. The Labute approximate surface area is 209 Å². The molecule has 0 atom stereocenters. The van der Waals surface area contributed by atoms with Gasteiger partial charge in [0, 0.05) is 16.3 Å². The van der Waals surface area contributed by atoms with Crippen molar-refractivity contribution in [3.05, 3.63) is 87.4 Å². The van der Waals surface area contributed by atoms with Crippen LogP contribution in [0.4, 0.5) is 5.69 Å². The van der Waals surface area contributed by atoms with E-state index in [1.807, 2.05) is 48.7 Å². The van der Waals surface area contributed by atoms with E-state index in [1.165, 1.54) is 28.5 Å². The Balaban J connectivity index is 1.63. The van der Waals surface area contributed by atoms with Gasteiger partial charge in [0.15, 0.2) is 11.0 Å². The van der Waals surface area contributed by atoms with Gasteiger partial charge >= 0.3 is 0 Å². The van der Waals surface area contributed by atoms with Crippen LogP contribution in [-0.4, -0.2) is 26.4 Å². The zero-order chi connectivity index (χ0) is 24.4. The number of aromatic nitrogens is 3. The molecule has 0 radical (unpaired) electrons. The summed E-state index contributed by atoms with van der Waals surface area (Å²) >= 11 is 7.45. The van der Waals surface area contributed by atoms with Gasteiger partial charge in [-0.1, -0.05) is 47.1 Å². The fourth-order valence-corrected chi connectivity index (χ4v) is 4.81. The second kappa shape index (κ2) is 10.0. The van der Waals surface area contributed by atoms with Crippen molar-refractivity contribution >= 4 is 35.0 Å². The molecule has 34 heavy (non-hydrogen) atoms. The molecule has 0 saturated heterocycles. The average molecular weight is 491 g/mol. The van der Waals surface area contributed by atoms with Gasteiger partial charge in [-0.15, -0.1) is 10.2 Å². The van der Waals surface area contributed by atoms with Crippen molar-refractivity contribution in [1.29, 1.82) is 0 Å². The standard InChI is InChI=1S/C27H27ClN4OS/c1-16-12-19(4)25(20(5)13-16)29-24(33)15-34-27-31-30-26(21-7-9-22(28)10-8-21)32(27)23-11-6-17(2)18(3)14-23/h6-14H,15H2,1-5H3,(H,29,33). The number of thioether (sulfide) groups is 1. The number of halogens is 1. The van der Waals surface area contributed by atoms with Crippen LogP contribution in [0.15, 0.2) is 59.8 Å². The molecule has 0 aliphatic carbocycles. The number of benzene rings is 3. The van der Waals surface area contributed by atoms with Crippen molar-refractivity contribution in [2.75, 3.05) is 11.1 Å². The van der Waals surface area contributed by atoms with Gasteiger partial charge in [-0.25, -0.2) is 0 Å². The van der Waals surface area contributed by atoms with E-state index in [-0.39, 0.29) is 11.7 Å². The number of amides is 1. The number of carbonyl (C=O) groups is 1. The van der Waals surface area contributed by atoms with Crippen molar-refractivity contribution in [2.24, 2.45) is 0 Å². The highest BCUT2D eigenvalue weighted by Gasteiger charge is 2.18. The lowest BCUT2D eigenvalue weighted by atomic mass is 10.1. The second-order valence-corrected chi connectivity index (χ2v) is 9.91. The van der Waals surface area contributed by atoms with E-state index in [9.17, 15) is 4.79 Å². The third kappa shape index (κ3) is 5.18. The van der Waals surface area contributed by atoms with Crippen LogP contribution >= 0.6 is 23.4 Å². The van der Waals surface area contributed by atoms with Crippen LogP contribution in [0.3, 0.4) is 0 Å². The molecule has 0 spiro atoms. The number of nitrogens with zero attached hydrogens (tertiary/aromatic N) is 3. The Kier molecular flexibility index (Phi) is 7.10. The van der Waals surface area contributed by atoms with E-state index < -0.39 is 0 Å². The first kappa shape index (κ1) is 24.0. The Hall–Kier alpha value is -3.09. The smallest absolute Gasteiger partial charge is 0.234 e. The monoisotopic (exact) mass is 490 g/mol. The number of rotatable bonds is 6. The van der Waals surface area contributed by atoms with Gasteiger partial charge < -0.3 is 5.32 Å². The van der Waals surface area contributed by atoms with Crippen LogP contribution in [0, 0.1) is 34.6 Å². The van der Waals surface area contributed by atoms with E-state index in [2.05, 4.69) is 60.6 Å². The lowest BCUT2D eigenvalue weighted by Gasteiger charge is -2.14. The van der Waals surface area contributed by atoms with E-state index in [1.54, 1.807) is 0 Å². The Bertz CT molecular complexity index is 1340. The average Bonchev–Trinajstić information content (AvgIpc) is 3.21. The molecule has 0 aliphatic rings. The summed E-state index contributed by atoms with van der Waals surface area (Å²) in [7, 11) is 0. The fourth-order valence-electron chi connectivity index (χ4n) is 3.93. The van der Waals surface area contributed by atoms with Crippen LogP contribution < -0.4 is 5.32 Å². The highest BCUT2D eigenvalue weighted by Crippen LogP contribution is 2.30. The summed E-state index contributed by atoms with van der Waals surface area (Å²) in [6, 6.07) is 17.9. The summed E-state index contributed by atoms with van der Waals surface area (Å²) in [6.07, 6.45) is 0. The number of anilines is 1. The summed E-state index contributed by atoms with van der Waals surface area (Å²) in [4.78, 5) is 12.8. The molecule has 4 rings (SSSR count). The summed E-state index contributed by atoms with van der Waals surface area (Å²) in [5.41, 5.74) is 8.39. The molecule has 0 aliphatic heterocycles. The maximum atomic E-state index is 12.8. The summed E-state index contributed by atoms with van der Waals surface area (Å²) in [5.74, 6) is 0.840. The van der Waals surface area contributed by atoms with Crippen molar-refractivity contribution in [3.63, 3.8) is 0 Å². The lowest BCUT2D eigenvalue weighted by molar-refractivity contribution is -0.113. The van der Waals surface area contributed by atoms with Crippen molar-refractivity contribution in [3.8, 4) is 17.1 Å². The molecule has 1 heterocycles. The molecule has 1 N–H and O–H groups in total. The van der Waals surface area contributed by atoms with Crippen molar-refractivity contribution in [2.45, 2.75) is 39.8 Å². The number of carbonyl (C=O) groups excluding carboxylic acids is 1. The highest BCUT2D eigenvalue weighted by molar-refractivity contribution is 7.99. The molecule has 7 heteroatoms. The molecule has 0 saturated carbocycles. The van der Waals surface area contributed by atoms with Gasteiger partial charge in [-0.05, 0) is 93.3 Å². The van der Waals surface area contributed by atoms with Crippen molar-refractivity contribution < 1.29 is 4.79 Å². The van der Waals surface area contributed by atoms with E-state index in [0.717, 1.165) is 28.1 Å². The fraction of sp³-hybridized carbons (Fsp3) is 0.222. The minimum absolute atomic E-state index is 0.0808. The van der Waals surface area contributed by atoms with E-state index >= 15 is 0 Å². The molecule has 174 valence electrons. The SMILES string of the molecule is Cc1cc(C)c(NC(=O)CSc2nnc(-c3ccc(Cl)cc3)n2-c2ccc(C)c(C)c2)c(C)c1. The van der Waals surface area contributed by atoms with Gasteiger partial charge in [0.05, 0.1) is 11.4 Å². The summed E-state index contributed by atoms with van der Waals surface area (Å²) < 4.78 is 2.00. The maximum Gasteiger partial charge on any atom is 0.234 e. The van der Waals surface area contributed by atoms with Crippen molar-refractivity contribution in [1.82, 2.24) is 14.8 Å². The van der Waals surface area contributed by atoms with Gasteiger partial charge in [-0.2, -0.15) is 0 Å². The molecular formula is C27H27ClN4OS. The second-order valence-electron chi connectivity index (χ2n) is 8.53. The number of hydrogen-bond acceptors (Lipinski definition) is 4. The number of aryl methyl sites for hydroxylation is 5. The minimum Gasteiger partial charge on any atom is -0.325 e. The Morgan fingerprint density at radius 1 is 0.882 bits per heavy atom. The largest absolute Gasteiger partial charge is 0.325 e. The minimum atomic E-state index is -0.0808. The molecule has 5 nitrogen and oxygen atoms in total. The summed E-state index contributed by atoms with van der Waals surface area (Å²) in [5, 5.41) is 13.3. The highest BCUT2D eigenvalue weighted by atomic mass is 35.5. The number of hydrogen-bond donors (Lipinski definition) is 1. The molecule has 4 aromatic rings. The zero-order valence-electron chi connectivity index (χ0n) is 19.9. The first-order valence-corrected chi connectivity index (χ1v) is 12.4. The molecule has 0 unspecified atom stereocenters. The van der Waals surface area contributed by atoms with E-state index in [4.69, 9.17) is 11.6 Å². The van der Waals surface area contributed by atoms with Gasteiger partial charge in [0.2, 0.25) is 5.91 Å². The van der Waals surface area contributed by atoms with Gasteiger partial charge in [-0.3, -0.25) is 9.36 Å². The zero-order valence-corrected chi connectivity index (χ0v) is 21.5. The third-order valence-corrected chi connectivity index (χ3v) is 6.94. The Morgan fingerprint density at radius 2 is 1.56 bits per heavy atom. The predicted octanol–water partition coefficient (Wildman–Crippen LogP) is 6.86. The molecular weight excluding hydrogens is 464 g/mol. The third-order valence-electron chi connectivity index (χ3n) is 5.76. The Morgan fingerprint density at radius 3 is 2.21 bits per heavy atom. The molecule has 3 aromatic carbocycles. The first-order valence-electron chi connectivity index (χ1n) is 11.0.